The van der Waals surface area contributed by atoms with Crippen molar-refractivity contribution in [1.82, 2.24) is 19.7 Å². The van der Waals surface area contributed by atoms with Crippen molar-refractivity contribution < 1.29 is 4.79 Å². The van der Waals surface area contributed by atoms with E-state index in [-0.39, 0.29) is 5.91 Å². The fourth-order valence-corrected chi connectivity index (χ4v) is 2.02. The normalized spacial score (nSPS) is 10.5. The van der Waals surface area contributed by atoms with E-state index in [0.717, 1.165) is 16.9 Å². The predicted molar refractivity (Wildman–Crippen MR) is 79.5 cm³/mol. The maximum Gasteiger partial charge on any atom is 0.226 e. The highest BCUT2D eigenvalue weighted by molar-refractivity contribution is 5.90. The first kappa shape index (κ1) is 13.1. The third-order valence-electron chi connectivity index (χ3n) is 3.14. The zero-order valence-corrected chi connectivity index (χ0v) is 11.4. The van der Waals surface area contributed by atoms with Crippen LogP contribution in [0.15, 0.2) is 55.2 Å². The van der Waals surface area contributed by atoms with Crippen LogP contribution in [0.2, 0.25) is 0 Å². The first-order valence-electron chi connectivity index (χ1n) is 6.67. The lowest BCUT2D eigenvalue weighted by atomic mass is 10.1. The molecule has 0 aliphatic carbocycles. The molecule has 0 radical (unpaired) electrons. The Morgan fingerprint density at radius 3 is 2.71 bits per heavy atom. The number of aryl methyl sites for hydroxylation is 1. The molecule has 0 bridgehead atoms. The Hall–Kier alpha value is -2.89. The summed E-state index contributed by atoms with van der Waals surface area (Å²) < 4.78 is 1.88. The highest BCUT2D eigenvalue weighted by Gasteiger charge is 2.04. The highest BCUT2D eigenvalue weighted by atomic mass is 16.1. The first-order valence-corrected chi connectivity index (χ1v) is 6.67. The number of nitrogens with one attached hydrogen (secondary N) is 2. The van der Waals surface area contributed by atoms with Gasteiger partial charge in [-0.3, -0.25) is 9.89 Å². The Bertz CT molecular complexity index is 686. The van der Waals surface area contributed by atoms with Gasteiger partial charge >= 0.3 is 0 Å². The molecule has 0 unspecified atom stereocenters. The van der Waals surface area contributed by atoms with Crippen molar-refractivity contribution in [1.29, 1.82) is 0 Å². The average Bonchev–Trinajstić information content (AvgIpc) is 3.19. The molecule has 6 nitrogen and oxygen atoms in total. The topological polar surface area (TPSA) is 75.6 Å². The molecule has 0 saturated carbocycles. The van der Waals surface area contributed by atoms with Crippen LogP contribution in [0.3, 0.4) is 0 Å². The molecule has 1 amide bonds. The number of amides is 1. The Balaban J connectivity index is 1.56. The van der Waals surface area contributed by atoms with Gasteiger partial charge in [0.15, 0.2) is 0 Å². The van der Waals surface area contributed by atoms with E-state index in [1.807, 2.05) is 41.1 Å². The molecule has 0 aliphatic heterocycles. The van der Waals surface area contributed by atoms with Crippen LogP contribution >= 0.6 is 0 Å². The van der Waals surface area contributed by atoms with Crippen LogP contribution in [0, 0.1) is 0 Å². The quantitative estimate of drug-likeness (QED) is 0.753. The fraction of sp³-hybridized carbons (Fsp3) is 0.133. The van der Waals surface area contributed by atoms with Gasteiger partial charge in [0, 0.05) is 37.2 Å². The lowest BCUT2D eigenvalue weighted by molar-refractivity contribution is -0.116. The van der Waals surface area contributed by atoms with E-state index in [1.54, 1.807) is 18.7 Å². The zero-order valence-electron chi connectivity index (χ0n) is 11.4. The number of aromatic nitrogens is 4. The van der Waals surface area contributed by atoms with Crippen LogP contribution in [0.25, 0.3) is 11.3 Å². The monoisotopic (exact) mass is 281 g/mol. The summed E-state index contributed by atoms with van der Waals surface area (Å²) in [4.78, 5) is 15.8. The number of aromatic amines is 1. The summed E-state index contributed by atoms with van der Waals surface area (Å²) in [6, 6.07) is 9.55. The molecule has 0 fully saturated rings. The van der Waals surface area contributed by atoms with Gasteiger partial charge in [0.1, 0.15) is 0 Å². The van der Waals surface area contributed by atoms with E-state index < -0.39 is 0 Å². The van der Waals surface area contributed by atoms with E-state index >= 15 is 0 Å². The van der Waals surface area contributed by atoms with Gasteiger partial charge in [-0.25, -0.2) is 4.98 Å². The second-order valence-electron chi connectivity index (χ2n) is 4.65. The minimum Gasteiger partial charge on any atom is -0.337 e. The van der Waals surface area contributed by atoms with Crippen LogP contribution < -0.4 is 5.32 Å². The minimum absolute atomic E-state index is 0.0157. The molecular formula is C15H15N5O. The molecule has 1 aromatic carbocycles. The molecule has 2 N–H and O–H groups in total. The van der Waals surface area contributed by atoms with Crippen LogP contribution in [0.4, 0.5) is 5.69 Å². The lowest BCUT2D eigenvalue weighted by Gasteiger charge is -2.06. The summed E-state index contributed by atoms with van der Waals surface area (Å²) in [6.45, 7) is 0.623. The standard InChI is InChI=1S/C15H15N5O/c21-15(6-9-20-10-8-16-11-20)18-13-3-1-12(2-4-13)14-5-7-17-19-14/h1-5,7-8,10-11H,6,9H2,(H,17,19)(H,18,21). The van der Waals surface area contributed by atoms with Gasteiger partial charge in [0.25, 0.3) is 0 Å². The van der Waals surface area contributed by atoms with E-state index in [9.17, 15) is 4.79 Å². The predicted octanol–water partition coefficient (Wildman–Crippen LogP) is 2.30. The fourth-order valence-electron chi connectivity index (χ4n) is 2.02. The van der Waals surface area contributed by atoms with Gasteiger partial charge in [-0.1, -0.05) is 12.1 Å². The van der Waals surface area contributed by atoms with E-state index in [1.165, 1.54) is 0 Å². The van der Waals surface area contributed by atoms with Crippen molar-refractivity contribution in [2.75, 3.05) is 5.32 Å². The highest BCUT2D eigenvalue weighted by Crippen LogP contribution is 2.18. The number of carbonyl (C=O) groups excluding carboxylic acids is 1. The summed E-state index contributed by atoms with van der Waals surface area (Å²) in [5.74, 6) is -0.0157. The number of H-pyrrole nitrogens is 1. The van der Waals surface area contributed by atoms with E-state index in [4.69, 9.17) is 0 Å². The molecule has 0 spiro atoms. The number of benzene rings is 1. The van der Waals surface area contributed by atoms with Gasteiger partial charge in [-0.15, -0.1) is 0 Å². The molecule has 6 heteroatoms. The number of carbonyl (C=O) groups is 1. The van der Waals surface area contributed by atoms with Crippen molar-refractivity contribution in [3.63, 3.8) is 0 Å². The largest absolute Gasteiger partial charge is 0.337 e. The number of nitrogens with zero attached hydrogens (tertiary/aromatic N) is 3. The number of rotatable bonds is 5. The van der Waals surface area contributed by atoms with Crippen molar-refractivity contribution in [2.24, 2.45) is 0 Å². The molecule has 2 aromatic heterocycles. The summed E-state index contributed by atoms with van der Waals surface area (Å²) in [5.41, 5.74) is 2.77. The number of anilines is 1. The maximum atomic E-state index is 11.9. The Kier molecular flexibility index (Phi) is 3.77. The third-order valence-corrected chi connectivity index (χ3v) is 3.14. The Morgan fingerprint density at radius 2 is 2.05 bits per heavy atom. The second-order valence-corrected chi connectivity index (χ2v) is 4.65. The maximum absolute atomic E-state index is 11.9. The van der Waals surface area contributed by atoms with Gasteiger partial charge in [-0.05, 0) is 23.8 Å². The first-order chi connectivity index (χ1) is 10.3. The van der Waals surface area contributed by atoms with Gasteiger partial charge in [0.2, 0.25) is 5.91 Å². The van der Waals surface area contributed by atoms with Crippen LogP contribution in [0.5, 0.6) is 0 Å². The van der Waals surface area contributed by atoms with Crippen LogP contribution in [0.1, 0.15) is 6.42 Å². The van der Waals surface area contributed by atoms with Crippen molar-refractivity contribution in [2.45, 2.75) is 13.0 Å². The van der Waals surface area contributed by atoms with Gasteiger partial charge in [0.05, 0.1) is 12.0 Å². The van der Waals surface area contributed by atoms with Crippen molar-refractivity contribution >= 4 is 11.6 Å². The summed E-state index contributed by atoms with van der Waals surface area (Å²) >= 11 is 0. The summed E-state index contributed by atoms with van der Waals surface area (Å²) in [5, 5.41) is 9.70. The SMILES string of the molecule is O=C(CCn1ccnc1)Nc1ccc(-c2ccn[nH]2)cc1. The lowest BCUT2D eigenvalue weighted by Crippen LogP contribution is -2.13. The van der Waals surface area contributed by atoms with Crippen LogP contribution in [-0.2, 0) is 11.3 Å². The molecule has 0 aliphatic rings. The number of imidazole rings is 1. The smallest absolute Gasteiger partial charge is 0.226 e. The molecule has 0 saturated heterocycles. The molecule has 21 heavy (non-hydrogen) atoms. The molecule has 2 heterocycles. The Morgan fingerprint density at radius 1 is 1.19 bits per heavy atom. The summed E-state index contributed by atoms with van der Waals surface area (Å²) in [7, 11) is 0. The molecule has 3 rings (SSSR count). The average molecular weight is 281 g/mol. The van der Waals surface area contributed by atoms with E-state index in [0.29, 0.717) is 13.0 Å². The molecule has 3 aromatic rings. The number of hydrogen-bond acceptors (Lipinski definition) is 3. The van der Waals surface area contributed by atoms with Gasteiger partial charge in [-0.2, -0.15) is 5.10 Å². The van der Waals surface area contributed by atoms with Crippen molar-refractivity contribution in [3.8, 4) is 11.3 Å². The third kappa shape index (κ3) is 3.36. The molecule has 106 valence electrons. The second kappa shape index (κ2) is 6.04. The zero-order chi connectivity index (χ0) is 14.5. The molecule has 0 atom stereocenters. The molecular weight excluding hydrogens is 266 g/mol. The Labute approximate surface area is 121 Å². The van der Waals surface area contributed by atoms with E-state index in [2.05, 4.69) is 20.5 Å². The summed E-state index contributed by atoms with van der Waals surface area (Å²) in [6.07, 6.45) is 7.37. The van der Waals surface area contributed by atoms with Gasteiger partial charge < -0.3 is 9.88 Å². The van der Waals surface area contributed by atoms with Crippen LogP contribution in [-0.4, -0.2) is 25.7 Å². The number of hydrogen-bond donors (Lipinski definition) is 2. The van der Waals surface area contributed by atoms with Crippen molar-refractivity contribution in [3.05, 3.63) is 55.2 Å². The minimum atomic E-state index is -0.0157.